The molecule has 2 aliphatic rings. The largest absolute Gasteiger partial charge is 0.391 e. The summed E-state index contributed by atoms with van der Waals surface area (Å²) in [6.07, 6.45) is -5.85. The topological polar surface area (TPSA) is 63.9 Å². The normalized spacial score (nSPS) is 43.0. The second-order valence-electron chi connectivity index (χ2n) is 6.51. The summed E-state index contributed by atoms with van der Waals surface area (Å²) < 4.78 is 38.5. The SMILES string of the molecule is C[C@@H]1[C@@H](O)[C@H](O)[C@@H](O)CN1CC1CCCC(C(F)(F)F)C1. The van der Waals surface area contributed by atoms with Crippen LogP contribution in [0.15, 0.2) is 0 Å². The minimum absolute atomic E-state index is 0.0810. The van der Waals surface area contributed by atoms with E-state index in [9.17, 15) is 28.5 Å². The predicted octanol–water partition coefficient (Wildman–Crippen LogP) is 1.14. The summed E-state index contributed by atoms with van der Waals surface area (Å²) in [5.74, 6) is -1.32. The van der Waals surface area contributed by atoms with Crippen LogP contribution in [0.25, 0.3) is 0 Å². The van der Waals surface area contributed by atoms with E-state index in [1.807, 2.05) is 0 Å². The van der Waals surface area contributed by atoms with E-state index in [1.165, 1.54) is 0 Å². The molecule has 1 aliphatic carbocycles. The maximum absolute atomic E-state index is 12.8. The molecular weight excluding hydrogens is 287 g/mol. The van der Waals surface area contributed by atoms with Crippen molar-refractivity contribution >= 4 is 0 Å². The number of piperidine rings is 1. The summed E-state index contributed by atoms with van der Waals surface area (Å²) in [6.45, 7) is 2.34. The van der Waals surface area contributed by atoms with Crippen LogP contribution in [0.3, 0.4) is 0 Å². The van der Waals surface area contributed by atoms with Gasteiger partial charge in [-0.2, -0.15) is 13.2 Å². The zero-order chi connectivity index (χ0) is 15.8. The van der Waals surface area contributed by atoms with E-state index >= 15 is 0 Å². The van der Waals surface area contributed by atoms with Gasteiger partial charge in [0.2, 0.25) is 0 Å². The van der Waals surface area contributed by atoms with Gasteiger partial charge in [0.15, 0.2) is 0 Å². The van der Waals surface area contributed by atoms with E-state index in [4.69, 9.17) is 0 Å². The third kappa shape index (κ3) is 3.88. The Bertz CT molecular complexity index is 353. The number of aliphatic hydroxyl groups excluding tert-OH is 3. The second-order valence-corrected chi connectivity index (χ2v) is 6.51. The highest BCUT2D eigenvalue weighted by Crippen LogP contribution is 2.40. The van der Waals surface area contributed by atoms with Crippen molar-refractivity contribution in [3.05, 3.63) is 0 Å². The molecule has 2 fully saturated rings. The maximum atomic E-state index is 12.8. The number of nitrogens with zero attached hydrogens (tertiary/aromatic N) is 1. The van der Waals surface area contributed by atoms with Crippen LogP contribution in [0.2, 0.25) is 0 Å². The molecule has 7 heteroatoms. The van der Waals surface area contributed by atoms with Crippen LogP contribution in [0.5, 0.6) is 0 Å². The number of hydrogen-bond acceptors (Lipinski definition) is 4. The van der Waals surface area contributed by atoms with Crippen molar-refractivity contribution < 1.29 is 28.5 Å². The van der Waals surface area contributed by atoms with Gasteiger partial charge in [0, 0.05) is 19.1 Å². The highest BCUT2D eigenvalue weighted by molar-refractivity contribution is 4.93. The van der Waals surface area contributed by atoms with Crippen LogP contribution in [-0.4, -0.2) is 63.8 Å². The van der Waals surface area contributed by atoms with Gasteiger partial charge in [-0.15, -0.1) is 0 Å². The number of hydrogen-bond donors (Lipinski definition) is 3. The van der Waals surface area contributed by atoms with Crippen molar-refractivity contribution in [3.63, 3.8) is 0 Å². The van der Waals surface area contributed by atoms with Crippen molar-refractivity contribution in [1.29, 1.82) is 0 Å². The molecule has 4 nitrogen and oxygen atoms in total. The Morgan fingerprint density at radius 1 is 1.10 bits per heavy atom. The zero-order valence-corrected chi connectivity index (χ0v) is 12.1. The van der Waals surface area contributed by atoms with E-state index in [0.29, 0.717) is 13.0 Å². The number of β-amino-alcohol motifs (C(OH)–C–C–N with tert-alkyl or cyclic N) is 1. The highest BCUT2D eigenvalue weighted by atomic mass is 19.4. The predicted molar refractivity (Wildman–Crippen MR) is 70.6 cm³/mol. The molecule has 124 valence electrons. The lowest BCUT2D eigenvalue weighted by atomic mass is 9.80. The van der Waals surface area contributed by atoms with E-state index in [-0.39, 0.29) is 31.3 Å². The second kappa shape index (κ2) is 6.40. The molecule has 0 aromatic heterocycles. The van der Waals surface area contributed by atoms with Gasteiger partial charge in [-0.3, -0.25) is 4.90 Å². The van der Waals surface area contributed by atoms with Gasteiger partial charge in [0.25, 0.3) is 0 Å². The molecule has 3 N–H and O–H groups in total. The lowest BCUT2D eigenvalue weighted by Gasteiger charge is -2.44. The van der Waals surface area contributed by atoms with Gasteiger partial charge in [0.1, 0.15) is 6.10 Å². The molecule has 1 saturated heterocycles. The highest BCUT2D eigenvalue weighted by Gasteiger charge is 2.44. The first-order valence-corrected chi connectivity index (χ1v) is 7.55. The van der Waals surface area contributed by atoms with Gasteiger partial charge >= 0.3 is 6.18 Å². The smallest absolute Gasteiger partial charge is 0.389 e. The molecule has 6 atom stereocenters. The Morgan fingerprint density at radius 2 is 1.76 bits per heavy atom. The van der Waals surface area contributed by atoms with Gasteiger partial charge < -0.3 is 15.3 Å². The fourth-order valence-electron chi connectivity index (χ4n) is 3.57. The monoisotopic (exact) mass is 311 g/mol. The van der Waals surface area contributed by atoms with Crippen molar-refractivity contribution in [2.24, 2.45) is 11.8 Å². The van der Waals surface area contributed by atoms with Crippen molar-refractivity contribution in [1.82, 2.24) is 4.90 Å². The minimum atomic E-state index is -4.14. The summed E-state index contributed by atoms with van der Waals surface area (Å²) in [5, 5.41) is 29.2. The van der Waals surface area contributed by atoms with Crippen LogP contribution >= 0.6 is 0 Å². The van der Waals surface area contributed by atoms with Crippen molar-refractivity contribution in [2.75, 3.05) is 13.1 Å². The summed E-state index contributed by atoms with van der Waals surface area (Å²) >= 11 is 0. The average molecular weight is 311 g/mol. The molecule has 0 aromatic rings. The summed E-state index contributed by atoms with van der Waals surface area (Å²) in [7, 11) is 0. The molecule has 1 heterocycles. The van der Waals surface area contributed by atoms with Crippen LogP contribution in [0, 0.1) is 11.8 Å². The molecule has 2 rings (SSSR count). The number of aliphatic hydroxyl groups is 3. The van der Waals surface area contributed by atoms with Gasteiger partial charge in [-0.1, -0.05) is 6.42 Å². The number of likely N-dealkylation sites (tertiary alicyclic amines) is 1. The molecule has 1 aliphatic heterocycles. The third-order valence-corrected chi connectivity index (χ3v) is 4.97. The summed E-state index contributed by atoms with van der Waals surface area (Å²) in [6, 6.07) is -0.366. The van der Waals surface area contributed by atoms with Crippen LogP contribution in [0.1, 0.15) is 32.6 Å². The molecule has 21 heavy (non-hydrogen) atoms. The molecule has 0 bridgehead atoms. The zero-order valence-electron chi connectivity index (χ0n) is 12.1. The molecule has 0 radical (unpaired) electrons. The molecular formula is C14H24F3NO3. The van der Waals surface area contributed by atoms with Crippen molar-refractivity contribution in [3.8, 4) is 0 Å². The fraction of sp³-hybridized carbons (Fsp3) is 1.00. The Hall–Kier alpha value is -0.370. The number of halogens is 3. The van der Waals surface area contributed by atoms with Gasteiger partial charge in [0.05, 0.1) is 18.1 Å². The number of rotatable bonds is 2. The van der Waals surface area contributed by atoms with Gasteiger partial charge in [-0.05, 0) is 32.1 Å². The first kappa shape index (κ1) is 17.0. The van der Waals surface area contributed by atoms with Crippen LogP contribution in [0.4, 0.5) is 13.2 Å². The fourth-order valence-corrected chi connectivity index (χ4v) is 3.57. The average Bonchev–Trinajstić information content (AvgIpc) is 2.42. The molecule has 0 amide bonds. The van der Waals surface area contributed by atoms with E-state index in [2.05, 4.69) is 0 Å². The first-order chi connectivity index (χ1) is 9.70. The lowest BCUT2D eigenvalue weighted by molar-refractivity contribution is -0.187. The van der Waals surface area contributed by atoms with E-state index in [0.717, 1.165) is 6.42 Å². The van der Waals surface area contributed by atoms with Crippen LogP contribution in [-0.2, 0) is 0 Å². The Balaban J connectivity index is 1.94. The molecule has 0 aromatic carbocycles. The summed E-state index contributed by atoms with van der Waals surface area (Å²) in [4.78, 5) is 1.80. The Morgan fingerprint density at radius 3 is 2.38 bits per heavy atom. The lowest BCUT2D eigenvalue weighted by Crippen LogP contribution is -2.61. The van der Waals surface area contributed by atoms with E-state index in [1.54, 1.807) is 11.8 Å². The standard InChI is InChI=1S/C14H24F3NO3/c1-8-12(20)13(21)11(19)7-18(8)6-9-3-2-4-10(5-9)14(15,16)17/h8-13,19-21H,2-7H2,1H3/t8-,9?,10?,11+,12-,13-/m1/s1. The molecule has 1 saturated carbocycles. The minimum Gasteiger partial charge on any atom is -0.389 e. The van der Waals surface area contributed by atoms with Crippen molar-refractivity contribution in [2.45, 2.75) is 63.1 Å². The first-order valence-electron chi connectivity index (χ1n) is 7.55. The summed E-state index contributed by atoms with van der Waals surface area (Å²) in [5.41, 5.74) is 0. The van der Waals surface area contributed by atoms with Crippen LogP contribution < -0.4 is 0 Å². The Labute approximate surface area is 122 Å². The number of alkyl halides is 3. The third-order valence-electron chi connectivity index (χ3n) is 4.97. The Kier molecular flexibility index (Phi) is 5.18. The molecule has 2 unspecified atom stereocenters. The van der Waals surface area contributed by atoms with Gasteiger partial charge in [-0.25, -0.2) is 0 Å². The molecule has 0 spiro atoms. The quantitative estimate of drug-likeness (QED) is 0.716. The maximum Gasteiger partial charge on any atom is 0.391 e. The van der Waals surface area contributed by atoms with E-state index < -0.39 is 30.4 Å².